The summed E-state index contributed by atoms with van der Waals surface area (Å²) in [6.45, 7) is 1.59. The third kappa shape index (κ3) is 4.57. The number of hydrogen-bond donors (Lipinski definition) is 3. The van der Waals surface area contributed by atoms with Gasteiger partial charge in [0.1, 0.15) is 12.1 Å². The number of carbonyl (C=O) groups excluding carboxylic acids is 2. The van der Waals surface area contributed by atoms with Gasteiger partial charge in [0.15, 0.2) is 6.10 Å². The van der Waals surface area contributed by atoms with Gasteiger partial charge in [-0.15, -0.1) is 0 Å². The Labute approximate surface area is 192 Å². The number of alkyl carbamates (subject to hydrolysis) is 1. The van der Waals surface area contributed by atoms with Gasteiger partial charge in [0, 0.05) is 13.0 Å². The number of fused-ring (bicyclic) bond motifs is 3. The Balaban J connectivity index is 1.41. The van der Waals surface area contributed by atoms with E-state index in [0.717, 1.165) is 35.1 Å². The van der Waals surface area contributed by atoms with Gasteiger partial charge < -0.3 is 25.2 Å². The molecule has 0 bridgehead atoms. The molecule has 33 heavy (non-hydrogen) atoms. The molecular formula is C25H28N2O6. The van der Waals surface area contributed by atoms with E-state index >= 15 is 0 Å². The monoisotopic (exact) mass is 452 g/mol. The highest BCUT2D eigenvalue weighted by Gasteiger charge is 2.49. The summed E-state index contributed by atoms with van der Waals surface area (Å²) in [5.74, 6) is -1.75. The van der Waals surface area contributed by atoms with Crippen molar-refractivity contribution in [2.75, 3.05) is 20.3 Å². The zero-order valence-electron chi connectivity index (χ0n) is 18.7. The third-order valence-corrected chi connectivity index (χ3v) is 6.58. The average Bonchev–Trinajstić information content (AvgIpc) is 3.61. The van der Waals surface area contributed by atoms with E-state index in [-0.39, 0.29) is 25.0 Å². The highest BCUT2D eigenvalue weighted by molar-refractivity contribution is 5.90. The molecule has 2 amide bonds. The zero-order valence-corrected chi connectivity index (χ0v) is 18.7. The molecule has 3 N–H and O–H groups in total. The van der Waals surface area contributed by atoms with Crippen LogP contribution in [0.2, 0.25) is 0 Å². The lowest BCUT2D eigenvalue weighted by molar-refractivity contribution is -0.148. The summed E-state index contributed by atoms with van der Waals surface area (Å²) in [5.41, 5.74) is 3.28. The SMILES string of the molecule is COC(CNC(=O)C(C)(NC(=O)OCC1c2ccccc2-c2ccccc21)C1CC1)C(=O)O. The first-order chi connectivity index (χ1) is 15.8. The molecule has 0 aliphatic heterocycles. The van der Waals surface area contributed by atoms with Crippen LogP contribution in [-0.2, 0) is 19.1 Å². The van der Waals surface area contributed by atoms with Gasteiger partial charge in [-0.05, 0) is 47.9 Å². The molecule has 2 aromatic rings. The standard InChI is InChI=1S/C25H28N2O6/c1-25(15-11-12-15,23(30)26-13-21(32-2)22(28)29)27-24(31)33-14-20-18-9-5-3-7-16(18)17-8-4-6-10-19(17)20/h3-10,15,20-21H,11-14H2,1-2H3,(H,26,30)(H,27,31)(H,28,29). The maximum Gasteiger partial charge on any atom is 0.408 e. The summed E-state index contributed by atoms with van der Waals surface area (Å²) in [4.78, 5) is 36.8. The van der Waals surface area contributed by atoms with Crippen LogP contribution in [0.4, 0.5) is 4.79 Å². The van der Waals surface area contributed by atoms with Crippen molar-refractivity contribution in [2.24, 2.45) is 5.92 Å². The van der Waals surface area contributed by atoms with E-state index in [4.69, 9.17) is 14.6 Å². The van der Waals surface area contributed by atoms with Crippen molar-refractivity contribution in [1.29, 1.82) is 0 Å². The normalized spacial score (nSPS) is 17.3. The zero-order chi connectivity index (χ0) is 23.6. The van der Waals surface area contributed by atoms with Crippen LogP contribution in [0.5, 0.6) is 0 Å². The Kier molecular flexibility index (Phi) is 6.37. The number of benzene rings is 2. The second kappa shape index (κ2) is 9.23. The highest BCUT2D eigenvalue weighted by Crippen LogP contribution is 2.44. The van der Waals surface area contributed by atoms with Crippen molar-refractivity contribution in [3.63, 3.8) is 0 Å². The maximum absolute atomic E-state index is 12.9. The number of nitrogens with one attached hydrogen (secondary N) is 2. The fraction of sp³-hybridized carbons (Fsp3) is 0.400. The van der Waals surface area contributed by atoms with Crippen LogP contribution in [-0.4, -0.2) is 55.0 Å². The van der Waals surface area contributed by atoms with Gasteiger partial charge in [-0.1, -0.05) is 48.5 Å². The van der Waals surface area contributed by atoms with Crippen molar-refractivity contribution < 1.29 is 29.0 Å². The summed E-state index contributed by atoms with van der Waals surface area (Å²) in [7, 11) is 1.26. The van der Waals surface area contributed by atoms with E-state index in [9.17, 15) is 14.4 Å². The van der Waals surface area contributed by atoms with Gasteiger partial charge in [0.25, 0.3) is 0 Å². The van der Waals surface area contributed by atoms with E-state index < -0.39 is 29.6 Å². The van der Waals surface area contributed by atoms with Crippen LogP contribution in [0, 0.1) is 5.92 Å². The fourth-order valence-electron chi connectivity index (χ4n) is 4.49. The molecule has 0 aromatic heterocycles. The minimum absolute atomic E-state index is 0.0381. The van der Waals surface area contributed by atoms with Crippen LogP contribution < -0.4 is 10.6 Å². The number of hydrogen-bond acceptors (Lipinski definition) is 5. The van der Waals surface area contributed by atoms with Crippen LogP contribution in [0.15, 0.2) is 48.5 Å². The fourth-order valence-corrected chi connectivity index (χ4v) is 4.49. The Morgan fingerprint density at radius 2 is 1.64 bits per heavy atom. The van der Waals surface area contributed by atoms with Crippen molar-refractivity contribution in [3.05, 3.63) is 59.7 Å². The molecule has 4 rings (SSSR count). The van der Waals surface area contributed by atoms with E-state index in [2.05, 4.69) is 22.8 Å². The second-order valence-corrected chi connectivity index (χ2v) is 8.70. The highest BCUT2D eigenvalue weighted by atomic mass is 16.5. The Morgan fingerprint density at radius 1 is 1.06 bits per heavy atom. The minimum Gasteiger partial charge on any atom is -0.479 e. The first-order valence-electron chi connectivity index (χ1n) is 11.0. The number of methoxy groups -OCH3 is 1. The molecule has 2 atom stereocenters. The van der Waals surface area contributed by atoms with Crippen molar-refractivity contribution >= 4 is 18.0 Å². The average molecular weight is 453 g/mol. The van der Waals surface area contributed by atoms with Crippen molar-refractivity contribution in [1.82, 2.24) is 10.6 Å². The van der Waals surface area contributed by atoms with Crippen molar-refractivity contribution in [2.45, 2.75) is 37.3 Å². The van der Waals surface area contributed by atoms with Crippen LogP contribution in [0.1, 0.15) is 36.8 Å². The van der Waals surface area contributed by atoms with Gasteiger partial charge in [0.05, 0.1) is 6.54 Å². The van der Waals surface area contributed by atoms with Crippen LogP contribution in [0.3, 0.4) is 0 Å². The molecule has 8 nitrogen and oxygen atoms in total. The van der Waals surface area contributed by atoms with Crippen LogP contribution >= 0.6 is 0 Å². The van der Waals surface area contributed by atoms with Gasteiger partial charge in [0.2, 0.25) is 5.91 Å². The molecule has 0 radical (unpaired) electrons. The quantitative estimate of drug-likeness (QED) is 0.539. The predicted octanol–water partition coefficient (Wildman–Crippen LogP) is 2.91. The molecular weight excluding hydrogens is 424 g/mol. The van der Waals surface area contributed by atoms with E-state index in [1.165, 1.54) is 7.11 Å². The Hall–Kier alpha value is -3.39. The number of rotatable bonds is 9. The van der Waals surface area contributed by atoms with Gasteiger partial charge >= 0.3 is 12.1 Å². The van der Waals surface area contributed by atoms with E-state index in [1.54, 1.807) is 6.92 Å². The molecule has 0 spiro atoms. The van der Waals surface area contributed by atoms with Crippen molar-refractivity contribution in [3.8, 4) is 11.1 Å². The molecule has 0 heterocycles. The Morgan fingerprint density at radius 3 is 2.15 bits per heavy atom. The first-order valence-corrected chi connectivity index (χ1v) is 11.0. The first kappa shape index (κ1) is 22.8. The molecule has 1 fully saturated rings. The lowest BCUT2D eigenvalue weighted by Crippen LogP contribution is -2.59. The lowest BCUT2D eigenvalue weighted by Gasteiger charge is -2.30. The number of ether oxygens (including phenoxy) is 2. The smallest absolute Gasteiger partial charge is 0.408 e. The minimum atomic E-state index is -1.20. The summed E-state index contributed by atoms with van der Waals surface area (Å²) in [6.07, 6.45) is -0.254. The van der Waals surface area contributed by atoms with Crippen LogP contribution in [0.25, 0.3) is 11.1 Å². The maximum atomic E-state index is 12.9. The van der Waals surface area contributed by atoms with Gasteiger partial charge in [-0.2, -0.15) is 0 Å². The number of carboxylic acids is 1. The van der Waals surface area contributed by atoms with Gasteiger partial charge in [-0.3, -0.25) is 4.79 Å². The number of amides is 2. The predicted molar refractivity (Wildman–Crippen MR) is 121 cm³/mol. The number of aliphatic carboxylic acids is 1. The molecule has 2 aromatic carbocycles. The molecule has 2 aliphatic carbocycles. The number of carbonyl (C=O) groups is 3. The molecule has 1 saturated carbocycles. The Bertz CT molecular complexity index is 1020. The molecule has 8 heteroatoms. The summed E-state index contributed by atoms with van der Waals surface area (Å²) < 4.78 is 10.5. The molecule has 2 unspecified atom stereocenters. The van der Waals surface area contributed by atoms with E-state index in [0.29, 0.717) is 0 Å². The van der Waals surface area contributed by atoms with E-state index in [1.807, 2.05) is 36.4 Å². The lowest BCUT2D eigenvalue weighted by atomic mass is 9.94. The topological polar surface area (TPSA) is 114 Å². The summed E-state index contributed by atoms with van der Waals surface area (Å²) in [6, 6.07) is 16.1. The summed E-state index contributed by atoms with van der Waals surface area (Å²) >= 11 is 0. The number of carboxylic acid groups (broad SMARTS) is 1. The second-order valence-electron chi connectivity index (χ2n) is 8.70. The third-order valence-electron chi connectivity index (χ3n) is 6.58. The van der Waals surface area contributed by atoms with Gasteiger partial charge in [-0.25, -0.2) is 9.59 Å². The molecule has 174 valence electrons. The largest absolute Gasteiger partial charge is 0.479 e. The molecule has 0 saturated heterocycles. The molecule has 2 aliphatic rings. The summed E-state index contributed by atoms with van der Waals surface area (Å²) in [5, 5.41) is 14.4.